The Bertz CT molecular complexity index is 540. The molecule has 2 aromatic rings. The third-order valence-electron chi connectivity index (χ3n) is 3.27. The van der Waals surface area contributed by atoms with Crippen molar-refractivity contribution < 1.29 is 4.74 Å². The molecule has 2 rings (SSSR count). The minimum absolute atomic E-state index is 0.166. The van der Waals surface area contributed by atoms with Gasteiger partial charge in [-0.2, -0.15) is 0 Å². The van der Waals surface area contributed by atoms with Crippen LogP contribution in [0, 0.1) is 0 Å². The van der Waals surface area contributed by atoms with Gasteiger partial charge in [0.05, 0.1) is 12.5 Å². The third-order valence-corrected chi connectivity index (χ3v) is 4.21. The molecular formula is C16H16Cl2O. The number of rotatable bonds is 4. The number of alkyl halides is 1. The molecule has 0 N–H and O–H groups in total. The quantitative estimate of drug-likeness (QED) is 0.683. The van der Waals surface area contributed by atoms with Gasteiger partial charge < -0.3 is 4.74 Å². The number of hydrogen-bond acceptors (Lipinski definition) is 1. The van der Waals surface area contributed by atoms with Crippen LogP contribution in [-0.4, -0.2) is 7.11 Å². The fourth-order valence-electron chi connectivity index (χ4n) is 2.05. The molecule has 19 heavy (non-hydrogen) atoms. The molecule has 0 heterocycles. The predicted molar refractivity (Wildman–Crippen MR) is 81.5 cm³/mol. The van der Waals surface area contributed by atoms with Gasteiger partial charge in [0.1, 0.15) is 5.75 Å². The topological polar surface area (TPSA) is 9.23 Å². The van der Waals surface area contributed by atoms with Crippen molar-refractivity contribution in [3.8, 4) is 5.75 Å². The van der Waals surface area contributed by atoms with Gasteiger partial charge in [-0.1, -0.05) is 54.9 Å². The molecule has 0 aliphatic carbocycles. The zero-order valence-electron chi connectivity index (χ0n) is 10.9. The van der Waals surface area contributed by atoms with E-state index in [9.17, 15) is 0 Å². The summed E-state index contributed by atoms with van der Waals surface area (Å²) in [7, 11) is 1.62. The van der Waals surface area contributed by atoms with E-state index in [1.807, 2.05) is 30.3 Å². The molecule has 0 saturated carbocycles. The summed E-state index contributed by atoms with van der Waals surface area (Å²) in [6.07, 6.45) is 0. The van der Waals surface area contributed by atoms with Crippen LogP contribution in [0.4, 0.5) is 0 Å². The highest BCUT2D eigenvalue weighted by molar-refractivity contribution is 6.33. The van der Waals surface area contributed by atoms with Gasteiger partial charge in [-0.15, -0.1) is 11.6 Å². The van der Waals surface area contributed by atoms with Crippen LogP contribution < -0.4 is 4.74 Å². The van der Waals surface area contributed by atoms with E-state index < -0.39 is 0 Å². The zero-order chi connectivity index (χ0) is 13.8. The maximum Gasteiger partial charge on any atom is 0.120 e. The number of ether oxygens (including phenoxy) is 1. The Hall–Kier alpha value is -1.18. The van der Waals surface area contributed by atoms with Crippen LogP contribution >= 0.6 is 23.2 Å². The van der Waals surface area contributed by atoms with E-state index in [-0.39, 0.29) is 11.3 Å². The van der Waals surface area contributed by atoms with Gasteiger partial charge in [-0.05, 0) is 23.3 Å². The van der Waals surface area contributed by atoms with E-state index in [0.717, 1.165) is 11.3 Å². The summed E-state index contributed by atoms with van der Waals surface area (Å²) < 4.78 is 5.15. The van der Waals surface area contributed by atoms with Crippen LogP contribution in [0.3, 0.4) is 0 Å². The summed E-state index contributed by atoms with van der Waals surface area (Å²) in [5.41, 5.74) is 2.13. The second-order valence-electron chi connectivity index (χ2n) is 4.49. The van der Waals surface area contributed by atoms with Crippen LogP contribution in [0.2, 0.25) is 5.02 Å². The maximum absolute atomic E-state index is 6.57. The summed E-state index contributed by atoms with van der Waals surface area (Å²) in [4.78, 5) is 0. The van der Waals surface area contributed by atoms with Crippen molar-refractivity contribution >= 4 is 23.2 Å². The molecule has 0 fully saturated rings. The number of methoxy groups -OCH3 is 1. The molecule has 0 amide bonds. The molecule has 0 aromatic heterocycles. The molecular weight excluding hydrogens is 279 g/mol. The smallest absolute Gasteiger partial charge is 0.120 e. The molecule has 0 spiro atoms. The molecule has 0 saturated heterocycles. The first-order valence-corrected chi connectivity index (χ1v) is 6.97. The minimum Gasteiger partial charge on any atom is -0.497 e. The Labute approximate surface area is 124 Å². The van der Waals surface area contributed by atoms with Crippen LogP contribution in [0.1, 0.15) is 29.3 Å². The average Bonchev–Trinajstić information content (AvgIpc) is 2.46. The van der Waals surface area contributed by atoms with Gasteiger partial charge in [0.2, 0.25) is 0 Å². The highest BCUT2D eigenvalue weighted by Crippen LogP contribution is 2.40. The van der Waals surface area contributed by atoms with Gasteiger partial charge in [-0.3, -0.25) is 0 Å². The highest BCUT2D eigenvalue weighted by atomic mass is 35.5. The van der Waals surface area contributed by atoms with Gasteiger partial charge in [0, 0.05) is 10.9 Å². The van der Waals surface area contributed by atoms with Crippen molar-refractivity contribution in [1.82, 2.24) is 0 Å². The standard InChI is InChI=1S/C16H16Cl2O/c1-11(12-6-4-3-5-7-12)16(18)14-9-8-13(19-2)10-15(14)17/h3-11,16H,1-2H3. The van der Waals surface area contributed by atoms with E-state index in [1.54, 1.807) is 13.2 Å². The Kier molecular flexibility index (Phi) is 4.73. The van der Waals surface area contributed by atoms with Crippen molar-refractivity contribution in [3.05, 3.63) is 64.7 Å². The van der Waals surface area contributed by atoms with Crippen molar-refractivity contribution in [2.24, 2.45) is 0 Å². The van der Waals surface area contributed by atoms with Gasteiger partial charge in [0.15, 0.2) is 0 Å². The van der Waals surface area contributed by atoms with Gasteiger partial charge in [0.25, 0.3) is 0 Å². The Morgan fingerprint density at radius 3 is 2.32 bits per heavy atom. The van der Waals surface area contributed by atoms with Crippen molar-refractivity contribution in [3.63, 3.8) is 0 Å². The molecule has 0 radical (unpaired) electrons. The molecule has 2 unspecified atom stereocenters. The second-order valence-corrected chi connectivity index (χ2v) is 5.37. The molecule has 3 heteroatoms. The SMILES string of the molecule is COc1ccc(C(Cl)C(C)c2ccccc2)c(Cl)c1. The lowest BCUT2D eigenvalue weighted by molar-refractivity contribution is 0.414. The fourth-order valence-corrected chi connectivity index (χ4v) is 2.73. The van der Waals surface area contributed by atoms with Crippen LogP contribution in [0.25, 0.3) is 0 Å². The van der Waals surface area contributed by atoms with Crippen LogP contribution in [0.5, 0.6) is 5.75 Å². The Balaban J connectivity index is 2.26. The van der Waals surface area contributed by atoms with Crippen molar-refractivity contribution in [1.29, 1.82) is 0 Å². The van der Waals surface area contributed by atoms with E-state index in [0.29, 0.717) is 5.02 Å². The van der Waals surface area contributed by atoms with Crippen LogP contribution in [-0.2, 0) is 0 Å². The van der Waals surface area contributed by atoms with Gasteiger partial charge >= 0.3 is 0 Å². The van der Waals surface area contributed by atoms with E-state index in [1.165, 1.54) is 5.56 Å². The summed E-state index contributed by atoms with van der Waals surface area (Å²) in [6, 6.07) is 15.8. The lowest BCUT2D eigenvalue weighted by Gasteiger charge is -2.20. The minimum atomic E-state index is -0.166. The molecule has 0 aliphatic heterocycles. The number of halogens is 2. The van der Waals surface area contributed by atoms with Gasteiger partial charge in [-0.25, -0.2) is 0 Å². The van der Waals surface area contributed by atoms with Crippen LogP contribution in [0.15, 0.2) is 48.5 Å². The monoisotopic (exact) mass is 294 g/mol. The molecule has 2 aromatic carbocycles. The fraction of sp³-hybridized carbons (Fsp3) is 0.250. The Morgan fingerprint density at radius 2 is 1.74 bits per heavy atom. The lowest BCUT2D eigenvalue weighted by Crippen LogP contribution is -2.03. The normalized spacial score (nSPS) is 13.9. The number of hydrogen-bond donors (Lipinski definition) is 0. The number of benzene rings is 2. The molecule has 2 atom stereocenters. The summed E-state index contributed by atoms with van der Waals surface area (Å²) in [5, 5.41) is 0.475. The third kappa shape index (κ3) is 3.23. The predicted octanol–water partition coefficient (Wildman–Crippen LogP) is 5.43. The van der Waals surface area contributed by atoms with Crippen molar-refractivity contribution in [2.75, 3.05) is 7.11 Å². The Morgan fingerprint density at radius 1 is 1.05 bits per heavy atom. The summed E-state index contributed by atoms with van der Waals surface area (Å²) in [6.45, 7) is 2.10. The first-order chi connectivity index (χ1) is 9.13. The first kappa shape index (κ1) is 14.2. The average molecular weight is 295 g/mol. The van der Waals surface area contributed by atoms with E-state index in [4.69, 9.17) is 27.9 Å². The molecule has 0 aliphatic rings. The molecule has 1 nitrogen and oxygen atoms in total. The van der Waals surface area contributed by atoms with Crippen molar-refractivity contribution in [2.45, 2.75) is 18.2 Å². The second kappa shape index (κ2) is 6.31. The summed E-state index contributed by atoms with van der Waals surface area (Å²) >= 11 is 12.8. The van der Waals surface area contributed by atoms with E-state index >= 15 is 0 Å². The highest BCUT2D eigenvalue weighted by Gasteiger charge is 2.20. The molecule has 0 bridgehead atoms. The first-order valence-electron chi connectivity index (χ1n) is 6.16. The zero-order valence-corrected chi connectivity index (χ0v) is 12.4. The summed E-state index contributed by atoms with van der Waals surface area (Å²) in [5.74, 6) is 0.929. The van der Waals surface area contributed by atoms with E-state index in [2.05, 4.69) is 19.1 Å². The lowest BCUT2D eigenvalue weighted by atomic mass is 9.93. The largest absolute Gasteiger partial charge is 0.497 e. The maximum atomic E-state index is 6.57. The molecule has 100 valence electrons.